The number of carbonyl (C=O) groups excluding carboxylic acids is 1. The van der Waals surface area contributed by atoms with E-state index >= 15 is 0 Å². The zero-order chi connectivity index (χ0) is 26.7. The molecule has 196 valence electrons. The van der Waals surface area contributed by atoms with Crippen molar-refractivity contribution in [1.29, 1.82) is 0 Å². The van der Waals surface area contributed by atoms with Gasteiger partial charge in [0.05, 0.1) is 7.11 Å². The largest absolute Gasteiger partial charge is 0.497 e. The molecule has 1 N–H and O–H groups in total. The fourth-order valence-electron chi connectivity index (χ4n) is 4.82. The molecule has 3 aromatic rings. The van der Waals surface area contributed by atoms with Crippen molar-refractivity contribution in [3.63, 3.8) is 0 Å². The smallest absolute Gasteiger partial charge is 0.248 e. The van der Waals surface area contributed by atoms with E-state index in [0.29, 0.717) is 30.0 Å². The number of ether oxygens (including phenoxy) is 1. The second kappa shape index (κ2) is 10.9. The number of rotatable bonds is 7. The number of hydrogen-bond acceptors (Lipinski definition) is 6. The van der Waals surface area contributed by atoms with E-state index in [4.69, 9.17) is 9.26 Å². The molecule has 37 heavy (non-hydrogen) atoms. The maximum atomic E-state index is 13.6. The maximum Gasteiger partial charge on any atom is 0.248 e. The quantitative estimate of drug-likeness (QED) is 0.461. The number of methoxy groups -OCH3 is 1. The van der Waals surface area contributed by atoms with Crippen LogP contribution in [0.2, 0.25) is 0 Å². The van der Waals surface area contributed by atoms with Crippen molar-refractivity contribution in [3.05, 3.63) is 70.1 Å². The van der Waals surface area contributed by atoms with E-state index in [0.717, 1.165) is 16.7 Å². The highest BCUT2D eigenvalue weighted by molar-refractivity contribution is 7.89. The molecule has 0 spiro atoms. The second-order valence-corrected chi connectivity index (χ2v) is 11.4. The molecular formula is C28H33N3O5S. The third-order valence-electron chi connectivity index (χ3n) is 6.75. The van der Waals surface area contributed by atoms with E-state index in [9.17, 15) is 13.2 Å². The van der Waals surface area contributed by atoms with Crippen LogP contribution in [0.25, 0.3) is 12.2 Å². The number of aryl methyl sites for hydroxylation is 4. The van der Waals surface area contributed by atoms with Crippen LogP contribution in [0.1, 0.15) is 46.5 Å². The summed E-state index contributed by atoms with van der Waals surface area (Å²) < 4.78 is 39.2. The van der Waals surface area contributed by atoms with E-state index in [1.165, 1.54) is 9.87 Å². The van der Waals surface area contributed by atoms with E-state index in [1.54, 1.807) is 44.4 Å². The molecule has 0 radical (unpaired) electrons. The number of anilines is 1. The summed E-state index contributed by atoms with van der Waals surface area (Å²) in [5, 5.41) is 6.86. The molecule has 1 aromatic heterocycles. The molecule has 1 aliphatic rings. The number of nitrogens with one attached hydrogen (secondary N) is 1. The first-order chi connectivity index (χ1) is 17.6. The zero-order valence-electron chi connectivity index (χ0n) is 21.9. The minimum Gasteiger partial charge on any atom is -0.497 e. The Morgan fingerprint density at radius 1 is 1.05 bits per heavy atom. The molecule has 0 aliphatic carbocycles. The molecule has 0 saturated carbocycles. The Morgan fingerprint density at radius 2 is 1.68 bits per heavy atom. The highest BCUT2D eigenvalue weighted by Gasteiger charge is 2.36. The first kappa shape index (κ1) is 26.6. The van der Waals surface area contributed by atoms with Crippen LogP contribution in [0.4, 0.5) is 5.69 Å². The Hall–Kier alpha value is -3.43. The normalized spacial score (nSPS) is 15.3. The van der Waals surface area contributed by atoms with Crippen LogP contribution in [0.15, 0.2) is 45.8 Å². The van der Waals surface area contributed by atoms with Gasteiger partial charge in [-0.05, 0) is 87.6 Å². The van der Waals surface area contributed by atoms with Crippen molar-refractivity contribution in [1.82, 2.24) is 9.46 Å². The van der Waals surface area contributed by atoms with Crippen LogP contribution >= 0.6 is 0 Å². The summed E-state index contributed by atoms with van der Waals surface area (Å²) in [4.78, 5) is 12.8. The molecule has 9 heteroatoms. The summed E-state index contributed by atoms with van der Waals surface area (Å²) in [7, 11) is -2.26. The minimum absolute atomic E-state index is 0.0762. The lowest BCUT2D eigenvalue weighted by Gasteiger charge is -2.30. The number of amides is 1. The fraction of sp³-hybridized carbons (Fsp3) is 0.357. The molecule has 2 heterocycles. The standard InChI is InChI=1S/C28H33N3O5S/c1-18-16-19(2)25(20(3)17-18)10-11-26-27(21(4)30-36-26)37(33,34)31-14-12-22(13-15-31)28(32)29-23-6-8-24(35-5)9-7-23/h6-11,16-17,22H,12-15H2,1-5H3,(H,29,32)/b11-10+. The predicted octanol–water partition coefficient (Wildman–Crippen LogP) is 5.13. The van der Waals surface area contributed by atoms with Crippen LogP contribution in [-0.2, 0) is 14.8 Å². The summed E-state index contributed by atoms with van der Waals surface area (Å²) in [6, 6.07) is 11.3. The molecule has 4 rings (SSSR count). The Balaban J connectivity index is 1.46. The predicted molar refractivity (Wildman–Crippen MR) is 144 cm³/mol. The Morgan fingerprint density at radius 3 is 2.27 bits per heavy atom. The van der Waals surface area contributed by atoms with Crippen LogP contribution in [-0.4, -0.2) is 44.0 Å². The molecule has 0 unspecified atom stereocenters. The van der Waals surface area contributed by atoms with Gasteiger partial charge in [0, 0.05) is 24.7 Å². The number of piperidine rings is 1. The summed E-state index contributed by atoms with van der Waals surface area (Å²) in [5.74, 6) is 0.523. The molecule has 0 atom stereocenters. The number of aromatic nitrogens is 1. The number of sulfonamides is 1. The van der Waals surface area contributed by atoms with Crippen molar-refractivity contribution in [2.45, 2.75) is 45.4 Å². The van der Waals surface area contributed by atoms with E-state index in [1.807, 2.05) is 26.8 Å². The summed E-state index contributed by atoms with van der Waals surface area (Å²) in [6.07, 6.45) is 4.41. The lowest BCUT2D eigenvalue weighted by atomic mass is 9.97. The third-order valence-corrected chi connectivity index (χ3v) is 8.81. The molecule has 1 aliphatic heterocycles. The maximum absolute atomic E-state index is 13.6. The van der Waals surface area contributed by atoms with Gasteiger partial charge in [0.2, 0.25) is 15.9 Å². The molecule has 0 bridgehead atoms. The van der Waals surface area contributed by atoms with Gasteiger partial charge in [-0.15, -0.1) is 0 Å². The Labute approximate surface area is 218 Å². The SMILES string of the molecule is COc1ccc(NC(=O)C2CCN(S(=O)(=O)c3c(C)noc3/C=C/c3c(C)cc(C)cc3C)CC2)cc1. The Bertz CT molecular complexity index is 1390. The van der Waals surface area contributed by atoms with Gasteiger partial charge in [0.25, 0.3) is 0 Å². The highest BCUT2D eigenvalue weighted by Crippen LogP contribution is 2.30. The van der Waals surface area contributed by atoms with Gasteiger partial charge in [0.1, 0.15) is 11.4 Å². The number of carbonyl (C=O) groups is 1. The third kappa shape index (κ3) is 5.78. The summed E-state index contributed by atoms with van der Waals surface area (Å²) in [5.41, 5.74) is 5.39. The van der Waals surface area contributed by atoms with Gasteiger partial charge in [-0.25, -0.2) is 8.42 Å². The van der Waals surface area contributed by atoms with E-state index in [2.05, 4.69) is 22.6 Å². The molecular weight excluding hydrogens is 490 g/mol. The zero-order valence-corrected chi connectivity index (χ0v) is 22.7. The van der Waals surface area contributed by atoms with Crippen molar-refractivity contribution >= 4 is 33.8 Å². The van der Waals surface area contributed by atoms with Gasteiger partial charge >= 0.3 is 0 Å². The number of benzene rings is 2. The lowest BCUT2D eigenvalue weighted by Crippen LogP contribution is -2.41. The van der Waals surface area contributed by atoms with Crippen LogP contribution in [0.3, 0.4) is 0 Å². The fourth-order valence-corrected chi connectivity index (χ4v) is 6.54. The topological polar surface area (TPSA) is 102 Å². The second-order valence-electron chi connectivity index (χ2n) is 9.50. The van der Waals surface area contributed by atoms with Gasteiger partial charge in [-0.3, -0.25) is 4.79 Å². The van der Waals surface area contributed by atoms with Crippen molar-refractivity contribution in [2.75, 3.05) is 25.5 Å². The van der Waals surface area contributed by atoms with Crippen molar-refractivity contribution < 1.29 is 22.5 Å². The average molecular weight is 524 g/mol. The molecule has 2 aromatic carbocycles. The van der Waals surface area contributed by atoms with Gasteiger partial charge < -0.3 is 14.6 Å². The molecule has 1 amide bonds. The number of hydrogen-bond donors (Lipinski definition) is 1. The van der Waals surface area contributed by atoms with E-state index in [-0.39, 0.29) is 35.6 Å². The van der Waals surface area contributed by atoms with Gasteiger partial charge in [0.15, 0.2) is 10.7 Å². The minimum atomic E-state index is -3.85. The lowest BCUT2D eigenvalue weighted by molar-refractivity contribution is -0.120. The molecule has 1 saturated heterocycles. The van der Waals surface area contributed by atoms with Crippen LogP contribution < -0.4 is 10.1 Å². The first-order valence-electron chi connectivity index (χ1n) is 12.3. The molecule has 8 nitrogen and oxygen atoms in total. The van der Waals surface area contributed by atoms with Crippen molar-refractivity contribution in [2.24, 2.45) is 5.92 Å². The van der Waals surface area contributed by atoms with Crippen LogP contribution in [0.5, 0.6) is 5.75 Å². The highest BCUT2D eigenvalue weighted by atomic mass is 32.2. The molecule has 1 fully saturated rings. The van der Waals surface area contributed by atoms with E-state index < -0.39 is 10.0 Å². The monoisotopic (exact) mass is 523 g/mol. The first-order valence-corrected chi connectivity index (χ1v) is 13.7. The summed E-state index contributed by atoms with van der Waals surface area (Å²) >= 11 is 0. The van der Waals surface area contributed by atoms with Crippen molar-refractivity contribution in [3.8, 4) is 5.75 Å². The average Bonchev–Trinajstić information content (AvgIpc) is 3.25. The number of nitrogens with zero attached hydrogens (tertiary/aromatic N) is 2. The Kier molecular flexibility index (Phi) is 7.85. The van der Waals surface area contributed by atoms with Gasteiger partial charge in [-0.2, -0.15) is 4.31 Å². The van der Waals surface area contributed by atoms with Crippen LogP contribution in [0, 0.1) is 33.6 Å². The van der Waals surface area contributed by atoms with Gasteiger partial charge in [-0.1, -0.05) is 28.9 Å². The summed E-state index contributed by atoms with van der Waals surface area (Å²) in [6.45, 7) is 8.21.